The Labute approximate surface area is 169 Å². The van der Waals surface area contributed by atoms with Crippen LogP contribution in [-0.4, -0.2) is 32.5 Å². The van der Waals surface area contributed by atoms with Gasteiger partial charge in [-0.25, -0.2) is 0 Å². The van der Waals surface area contributed by atoms with Gasteiger partial charge in [-0.15, -0.1) is 10.2 Å². The molecule has 1 fully saturated rings. The minimum Gasteiger partial charge on any atom is -0.309 e. The van der Waals surface area contributed by atoms with Crippen LogP contribution >= 0.6 is 11.8 Å². The first-order chi connectivity index (χ1) is 13.8. The zero-order valence-electron chi connectivity index (χ0n) is 15.8. The predicted octanol–water partition coefficient (Wildman–Crippen LogP) is 4.73. The molecule has 28 heavy (non-hydrogen) atoms. The molecule has 3 aromatic rings. The van der Waals surface area contributed by atoms with Crippen molar-refractivity contribution in [3.8, 4) is 5.69 Å². The Hall–Kier alpha value is -2.60. The Kier molecular flexibility index (Phi) is 6.07. The van der Waals surface area contributed by atoms with E-state index in [4.69, 9.17) is 0 Å². The average Bonchev–Trinajstić information content (AvgIpc) is 3.23. The molecule has 2 aromatic carbocycles. The molecule has 0 unspecified atom stereocenters. The Balaban J connectivity index is 1.50. The lowest BCUT2D eigenvalue weighted by Gasteiger charge is -2.34. The third-order valence-electron chi connectivity index (χ3n) is 5.12. The minimum atomic E-state index is 0.130. The molecule has 1 aliphatic rings. The van der Waals surface area contributed by atoms with Gasteiger partial charge >= 0.3 is 0 Å². The molecule has 1 heterocycles. The van der Waals surface area contributed by atoms with E-state index >= 15 is 0 Å². The van der Waals surface area contributed by atoms with Gasteiger partial charge in [-0.05, 0) is 37.1 Å². The van der Waals surface area contributed by atoms with Crippen LogP contribution < -0.4 is 4.90 Å². The fourth-order valence-electron chi connectivity index (χ4n) is 3.77. The van der Waals surface area contributed by atoms with Gasteiger partial charge in [0.15, 0.2) is 5.16 Å². The number of para-hydroxylation sites is 2. The molecule has 144 valence electrons. The first-order valence-electron chi connectivity index (χ1n) is 9.78. The van der Waals surface area contributed by atoms with E-state index in [0.717, 1.165) is 29.4 Å². The molecule has 0 atom stereocenters. The normalized spacial score (nSPS) is 14.7. The molecule has 1 aliphatic carbocycles. The van der Waals surface area contributed by atoms with Crippen LogP contribution in [0.1, 0.15) is 32.1 Å². The molecule has 0 N–H and O–H groups in total. The summed E-state index contributed by atoms with van der Waals surface area (Å²) in [5.41, 5.74) is 1.99. The number of nitrogens with zero attached hydrogens (tertiary/aromatic N) is 4. The second kappa shape index (κ2) is 9.06. The van der Waals surface area contributed by atoms with Gasteiger partial charge in [0.2, 0.25) is 5.91 Å². The second-order valence-electron chi connectivity index (χ2n) is 7.00. The van der Waals surface area contributed by atoms with Crippen molar-refractivity contribution in [1.82, 2.24) is 14.8 Å². The third-order valence-corrected chi connectivity index (χ3v) is 6.05. The number of hydrogen-bond acceptors (Lipinski definition) is 4. The lowest BCUT2D eigenvalue weighted by atomic mass is 9.93. The number of benzene rings is 2. The van der Waals surface area contributed by atoms with Gasteiger partial charge in [0.1, 0.15) is 6.33 Å². The van der Waals surface area contributed by atoms with Gasteiger partial charge < -0.3 is 4.90 Å². The molecule has 4 rings (SSSR count). The van der Waals surface area contributed by atoms with Gasteiger partial charge in [-0.1, -0.05) is 67.4 Å². The maximum atomic E-state index is 13.2. The van der Waals surface area contributed by atoms with E-state index in [2.05, 4.69) is 10.2 Å². The fraction of sp³-hybridized carbons (Fsp3) is 0.318. The van der Waals surface area contributed by atoms with Crippen LogP contribution in [-0.2, 0) is 4.79 Å². The number of anilines is 1. The molecule has 1 amide bonds. The van der Waals surface area contributed by atoms with Crippen molar-refractivity contribution >= 4 is 23.4 Å². The number of thioether (sulfide) groups is 1. The third kappa shape index (κ3) is 4.28. The molecule has 0 bridgehead atoms. The van der Waals surface area contributed by atoms with Crippen molar-refractivity contribution in [3.63, 3.8) is 0 Å². The summed E-state index contributed by atoms with van der Waals surface area (Å²) in [4.78, 5) is 15.2. The molecular formula is C22H24N4OS. The summed E-state index contributed by atoms with van der Waals surface area (Å²) in [5, 5.41) is 8.98. The van der Waals surface area contributed by atoms with E-state index in [1.54, 1.807) is 6.33 Å². The summed E-state index contributed by atoms with van der Waals surface area (Å²) in [6, 6.07) is 20.3. The monoisotopic (exact) mass is 392 g/mol. The Bertz CT molecular complexity index is 891. The van der Waals surface area contributed by atoms with Gasteiger partial charge in [0, 0.05) is 17.4 Å². The highest BCUT2D eigenvalue weighted by molar-refractivity contribution is 7.99. The van der Waals surface area contributed by atoms with Crippen LogP contribution in [0.3, 0.4) is 0 Å². The lowest BCUT2D eigenvalue weighted by Crippen LogP contribution is -2.42. The summed E-state index contributed by atoms with van der Waals surface area (Å²) in [7, 11) is 0. The van der Waals surface area contributed by atoms with E-state index in [1.807, 2.05) is 70.1 Å². The second-order valence-corrected chi connectivity index (χ2v) is 7.94. The summed E-state index contributed by atoms with van der Waals surface area (Å²) >= 11 is 1.44. The molecule has 0 spiro atoms. The van der Waals surface area contributed by atoms with E-state index in [1.165, 1.54) is 31.0 Å². The fourth-order valence-corrected chi connectivity index (χ4v) is 4.56. The molecule has 5 nitrogen and oxygen atoms in total. The van der Waals surface area contributed by atoms with Crippen molar-refractivity contribution in [2.45, 2.75) is 43.3 Å². The molecule has 0 aliphatic heterocycles. The maximum absolute atomic E-state index is 13.2. The molecule has 1 saturated carbocycles. The highest BCUT2D eigenvalue weighted by Gasteiger charge is 2.27. The van der Waals surface area contributed by atoms with Crippen molar-refractivity contribution in [2.24, 2.45) is 0 Å². The molecular weight excluding hydrogens is 368 g/mol. The first kappa shape index (κ1) is 18.7. The lowest BCUT2D eigenvalue weighted by molar-refractivity contribution is -0.116. The van der Waals surface area contributed by atoms with E-state index in [-0.39, 0.29) is 11.9 Å². The van der Waals surface area contributed by atoms with Crippen LogP contribution in [0.2, 0.25) is 0 Å². The minimum absolute atomic E-state index is 0.130. The average molecular weight is 393 g/mol. The summed E-state index contributed by atoms with van der Waals surface area (Å²) < 4.78 is 1.92. The standard InChI is InChI=1S/C22H24N4OS/c27-21(16-28-22-24-23-17-25(22)18-10-4-1-5-11-18)26(19-12-6-2-7-13-19)20-14-8-3-9-15-20/h1-2,4-7,10-13,17,20H,3,8-9,14-16H2. The van der Waals surface area contributed by atoms with Gasteiger partial charge in [-0.2, -0.15) is 0 Å². The Morgan fingerprint density at radius 3 is 2.39 bits per heavy atom. The summed E-state index contributed by atoms with van der Waals surface area (Å²) in [6.45, 7) is 0. The van der Waals surface area contributed by atoms with Crippen molar-refractivity contribution in [3.05, 3.63) is 67.0 Å². The maximum Gasteiger partial charge on any atom is 0.237 e. The molecule has 1 aromatic heterocycles. The van der Waals surface area contributed by atoms with E-state index < -0.39 is 0 Å². The first-order valence-corrected chi connectivity index (χ1v) is 10.8. The van der Waals surface area contributed by atoms with Gasteiger partial charge in [-0.3, -0.25) is 9.36 Å². The van der Waals surface area contributed by atoms with Crippen molar-refractivity contribution < 1.29 is 4.79 Å². The van der Waals surface area contributed by atoms with Crippen molar-refractivity contribution in [1.29, 1.82) is 0 Å². The van der Waals surface area contributed by atoms with Crippen molar-refractivity contribution in [2.75, 3.05) is 10.7 Å². The number of carbonyl (C=O) groups excluding carboxylic acids is 1. The number of carbonyl (C=O) groups is 1. The van der Waals surface area contributed by atoms with Crippen LogP contribution in [0, 0.1) is 0 Å². The number of rotatable bonds is 6. The highest BCUT2D eigenvalue weighted by Crippen LogP contribution is 2.29. The van der Waals surface area contributed by atoms with Crippen LogP contribution in [0.5, 0.6) is 0 Å². The van der Waals surface area contributed by atoms with E-state index in [0.29, 0.717) is 5.75 Å². The quantitative estimate of drug-likeness (QED) is 0.569. The van der Waals surface area contributed by atoms with Gasteiger partial charge in [0.05, 0.1) is 5.75 Å². The van der Waals surface area contributed by atoms with Crippen LogP contribution in [0.25, 0.3) is 5.69 Å². The smallest absolute Gasteiger partial charge is 0.237 e. The molecule has 6 heteroatoms. The molecule has 0 radical (unpaired) electrons. The Morgan fingerprint density at radius 1 is 1.00 bits per heavy atom. The number of hydrogen-bond donors (Lipinski definition) is 0. The zero-order chi connectivity index (χ0) is 19.2. The van der Waals surface area contributed by atoms with E-state index in [9.17, 15) is 4.79 Å². The summed E-state index contributed by atoms with van der Waals surface area (Å²) in [6.07, 6.45) is 7.49. The SMILES string of the molecule is O=C(CSc1nncn1-c1ccccc1)N(c1ccccc1)C1CCCCC1. The zero-order valence-corrected chi connectivity index (χ0v) is 16.6. The van der Waals surface area contributed by atoms with Crippen LogP contribution in [0.4, 0.5) is 5.69 Å². The predicted molar refractivity (Wildman–Crippen MR) is 113 cm³/mol. The highest BCUT2D eigenvalue weighted by atomic mass is 32.2. The van der Waals surface area contributed by atoms with Crippen LogP contribution in [0.15, 0.2) is 72.1 Å². The number of amides is 1. The summed E-state index contributed by atoms with van der Waals surface area (Å²) in [5.74, 6) is 0.474. The molecule has 0 saturated heterocycles. The van der Waals surface area contributed by atoms with Gasteiger partial charge in [0.25, 0.3) is 0 Å². The number of aromatic nitrogens is 3. The largest absolute Gasteiger partial charge is 0.309 e. The topological polar surface area (TPSA) is 51.0 Å². The Morgan fingerprint density at radius 2 is 1.68 bits per heavy atom.